The number of nitrogens with zero attached hydrogens (tertiary/aromatic N) is 3. The van der Waals surface area contributed by atoms with E-state index >= 15 is 0 Å². The normalized spacial score (nSPS) is 17.4. The Labute approximate surface area is 172 Å². The molecule has 5 nitrogen and oxygen atoms in total. The zero-order chi connectivity index (χ0) is 21.0. The topological polar surface area (TPSA) is 54.0 Å². The van der Waals surface area contributed by atoms with Crippen molar-refractivity contribution in [3.8, 4) is 5.75 Å². The number of aromatic amines is 1. The number of benzene rings is 1. The fourth-order valence-electron chi connectivity index (χ4n) is 3.72. The predicted octanol–water partition coefficient (Wildman–Crippen LogP) is 4.43. The summed E-state index contributed by atoms with van der Waals surface area (Å²) in [5, 5.41) is 7.48. The summed E-state index contributed by atoms with van der Waals surface area (Å²) in [6.45, 7) is 3.16. The Balaban J connectivity index is 1.27. The number of nitrogens with one attached hydrogen (secondary N) is 1. The highest BCUT2D eigenvalue weighted by Gasteiger charge is 2.30. The van der Waals surface area contributed by atoms with Gasteiger partial charge in [-0.2, -0.15) is 18.3 Å². The van der Waals surface area contributed by atoms with Gasteiger partial charge >= 0.3 is 6.18 Å². The highest BCUT2D eigenvalue weighted by molar-refractivity contribution is 5.30. The van der Waals surface area contributed by atoms with Crippen LogP contribution in [0.4, 0.5) is 13.2 Å². The molecule has 30 heavy (non-hydrogen) atoms. The molecule has 0 amide bonds. The second-order valence-electron chi connectivity index (χ2n) is 7.52. The molecule has 1 aliphatic heterocycles. The lowest BCUT2D eigenvalue weighted by atomic mass is 10.0. The quantitative estimate of drug-likeness (QED) is 0.619. The molecule has 158 valence electrons. The highest BCUT2D eigenvalue weighted by atomic mass is 19.4. The van der Waals surface area contributed by atoms with Crippen molar-refractivity contribution in [1.29, 1.82) is 0 Å². The number of aromatic nitrogens is 3. The molecule has 1 atom stereocenters. The van der Waals surface area contributed by atoms with Crippen LogP contribution in [0.15, 0.2) is 54.9 Å². The number of H-pyrrole nitrogens is 1. The zero-order valence-corrected chi connectivity index (χ0v) is 16.4. The van der Waals surface area contributed by atoms with Gasteiger partial charge in [-0.1, -0.05) is 6.07 Å². The lowest BCUT2D eigenvalue weighted by Gasteiger charge is -2.15. The first kappa shape index (κ1) is 20.4. The first-order valence-corrected chi connectivity index (χ1v) is 9.93. The van der Waals surface area contributed by atoms with E-state index in [1.54, 1.807) is 0 Å². The maximum Gasteiger partial charge on any atom is 0.416 e. The van der Waals surface area contributed by atoms with Crippen LogP contribution in [0.1, 0.15) is 34.9 Å². The van der Waals surface area contributed by atoms with Crippen molar-refractivity contribution in [2.75, 3.05) is 19.7 Å². The SMILES string of the molecule is FC(F)(F)c1cccc(OCCc2cc([C@@H]3CCN(Cc4ccncc4)C3)n[nH]2)c1. The first-order chi connectivity index (χ1) is 14.5. The lowest BCUT2D eigenvalue weighted by Crippen LogP contribution is -2.19. The molecule has 0 spiro atoms. The Morgan fingerprint density at radius 3 is 2.77 bits per heavy atom. The van der Waals surface area contributed by atoms with Gasteiger partial charge in [-0.3, -0.25) is 15.0 Å². The van der Waals surface area contributed by atoms with Gasteiger partial charge in [0.1, 0.15) is 5.75 Å². The van der Waals surface area contributed by atoms with Crippen LogP contribution in [0, 0.1) is 0 Å². The summed E-state index contributed by atoms with van der Waals surface area (Å²) in [5.74, 6) is 0.591. The number of halogens is 3. The summed E-state index contributed by atoms with van der Waals surface area (Å²) in [6.07, 6.45) is 0.853. The number of alkyl halides is 3. The molecular formula is C22H23F3N4O. The average molecular weight is 416 g/mol. The largest absolute Gasteiger partial charge is 0.493 e. The molecule has 0 saturated carbocycles. The summed E-state index contributed by atoms with van der Waals surface area (Å²) >= 11 is 0. The third-order valence-electron chi connectivity index (χ3n) is 5.30. The summed E-state index contributed by atoms with van der Waals surface area (Å²) in [5.41, 5.74) is 2.49. The molecule has 1 aliphatic rings. The van der Waals surface area contributed by atoms with Gasteiger partial charge in [-0.15, -0.1) is 0 Å². The van der Waals surface area contributed by atoms with E-state index in [0.717, 1.165) is 49.6 Å². The number of likely N-dealkylation sites (tertiary alicyclic amines) is 1. The number of hydrogen-bond acceptors (Lipinski definition) is 4. The van der Waals surface area contributed by atoms with Crippen LogP contribution >= 0.6 is 0 Å². The van der Waals surface area contributed by atoms with E-state index in [0.29, 0.717) is 12.3 Å². The Morgan fingerprint density at radius 1 is 1.13 bits per heavy atom. The molecule has 1 N–H and O–H groups in total. The molecule has 4 rings (SSSR count). The molecule has 1 aromatic carbocycles. The summed E-state index contributed by atoms with van der Waals surface area (Å²) in [7, 11) is 0. The molecule has 0 bridgehead atoms. The minimum absolute atomic E-state index is 0.215. The number of ether oxygens (including phenoxy) is 1. The zero-order valence-electron chi connectivity index (χ0n) is 16.4. The molecule has 1 saturated heterocycles. The van der Waals surface area contributed by atoms with E-state index in [1.807, 2.05) is 30.6 Å². The van der Waals surface area contributed by atoms with Crippen molar-refractivity contribution in [3.63, 3.8) is 0 Å². The Bertz CT molecular complexity index is 958. The van der Waals surface area contributed by atoms with Gasteiger partial charge in [0.25, 0.3) is 0 Å². The minimum Gasteiger partial charge on any atom is -0.493 e. The molecule has 2 aromatic heterocycles. The Hall–Kier alpha value is -2.87. The highest BCUT2D eigenvalue weighted by Crippen LogP contribution is 2.31. The molecule has 8 heteroatoms. The minimum atomic E-state index is -4.37. The third kappa shape index (κ3) is 5.18. The molecular weight excluding hydrogens is 393 g/mol. The number of pyridine rings is 1. The van der Waals surface area contributed by atoms with Crippen molar-refractivity contribution in [2.45, 2.75) is 31.5 Å². The third-order valence-corrected chi connectivity index (χ3v) is 5.30. The van der Waals surface area contributed by atoms with Crippen molar-refractivity contribution in [1.82, 2.24) is 20.1 Å². The van der Waals surface area contributed by atoms with Crippen LogP contribution in [0.2, 0.25) is 0 Å². The van der Waals surface area contributed by atoms with E-state index in [-0.39, 0.29) is 12.4 Å². The lowest BCUT2D eigenvalue weighted by molar-refractivity contribution is -0.137. The van der Waals surface area contributed by atoms with Crippen LogP contribution in [-0.2, 0) is 19.1 Å². The Morgan fingerprint density at radius 2 is 1.97 bits per heavy atom. The van der Waals surface area contributed by atoms with Crippen LogP contribution in [0.25, 0.3) is 0 Å². The predicted molar refractivity (Wildman–Crippen MR) is 106 cm³/mol. The van der Waals surface area contributed by atoms with E-state index < -0.39 is 11.7 Å². The van der Waals surface area contributed by atoms with Crippen LogP contribution < -0.4 is 4.74 Å². The molecule has 3 aromatic rings. The molecule has 1 fully saturated rings. The van der Waals surface area contributed by atoms with Gasteiger partial charge in [-0.25, -0.2) is 0 Å². The second-order valence-corrected chi connectivity index (χ2v) is 7.52. The first-order valence-electron chi connectivity index (χ1n) is 9.93. The van der Waals surface area contributed by atoms with Gasteiger partial charge in [0, 0.05) is 43.5 Å². The van der Waals surface area contributed by atoms with E-state index in [1.165, 1.54) is 17.7 Å². The summed E-state index contributed by atoms with van der Waals surface area (Å²) in [6, 6.07) is 11.0. The van der Waals surface area contributed by atoms with Crippen molar-refractivity contribution in [3.05, 3.63) is 77.4 Å². The van der Waals surface area contributed by atoms with E-state index in [2.05, 4.69) is 20.1 Å². The van der Waals surface area contributed by atoms with Gasteiger partial charge in [0.05, 0.1) is 17.9 Å². The molecule has 0 aliphatic carbocycles. The number of hydrogen-bond donors (Lipinski definition) is 1. The summed E-state index contributed by atoms with van der Waals surface area (Å²) < 4.78 is 43.8. The molecule has 0 radical (unpaired) electrons. The van der Waals surface area contributed by atoms with Gasteiger partial charge in [-0.05, 0) is 54.9 Å². The summed E-state index contributed by atoms with van der Waals surface area (Å²) in [4.78, 5) is 6.46. The van der Waals surface area contributed by atoms with Crippen LogP contribution in [0.3, 0.4) is 0 Å². The van der Waals surface area contributed by atoms with Crippen molar-refractivity contribution in [2.24, 2.45) is 0 Å². The maximum atomic E-state index is 12.8. The number of rotatable bonds is 7. The van der Waals surface area contributed by atoms with Gasteiger partial charge in [0.2, 0.25) is 0 Å². The van der Waals surface area contributed by atoms with E-state index in [9.17, 15) is 13.2 Å². The fraction of sp³-hybridized carbons (Fsp3) is 0.364. The van der Waals surface area contributed by atoms with Gasteiger partial charge in [0.15, 0.2) is 0 Å². The maximum absolute atomic E-state index is 12.8. The van der Waals surface area contributed by atoms with E-state index in [4.69, 9.17) is 4.74 Å². The molecule has 3 heterocycles. The second kappa shape index (κ2) is 8.87. The van der Waals surface area contributed by atoms with Crippen LogP contribution in [-0.4, -0.2) is 39.8 Å². The van der Waals surface area contributed by atoms with Gasteiger partial charge < -0.3 is 4.74 Å². The monoisotopic (exact) mass is 416 g/mol. The fourth-order valence-corrected chi connectivity index (χ4v) is 3.72. The van der Waals surface area contributed by atoms with Crippen molar-refractivity contribution >= 4 is 0 Å². The standard InChI is InChI=1S/C22H23F3N4O/c23-22(24,25)18-2-1-3-20(12-18)30-11-7-19-13-21(28-27-19)17-6-10-29(15-17)14-16-4-8-26-9-5-16/h1-5,8-9,12-13,17H,6-7,10-11,14-15H2,(H,27,28)/t17-/m1/s1. The van der Waals surface area contributed by atoms with Crippen molar-refractivity contribution < 1.29 is 17.9 Å². The smallest absolute Gasteiger partial charge is 0.416 e. The van der Waals surface area contributed by atoms with Crippen LogP contribution in [0.5, 0.6) is 5.75 Å². The molecule has 0 unspecified atom stereocenters. The average Bonchev–Trinajstić information content (AvgIpc) is 3.38. The Kier molecular flexibility index (Phi) is 6.03.